The predicted molar refractivity (Wildman–Crippen MR) is 96.1 cm³/mol. The van der Waals surface area contributed by atoms with E-state index in [4.69, 9.17) is 9.63 Å². The maximum absolute atomic E-state index is 13.1. The lowest BCUT2D eigenvalue weighted by Crippen LogP contribution is -2.36. The van der Waals surface area contributed by atoms with Crippen LogP contribution < -0.4 is 5.44 Å². The fraction of sp³-hybridized carbons (Fsp3) is 0.222. The highest BCUT2D eigenvalue weighted by atomic mass is 31.2. The van der Waals surface area contributed by atoms with Crippen LogP contribution >= 0.6 is 7.37 Å². The molecule has 2 heterocycles. The van der Waals surface area contributed by atoms with E-state index < -0.39 is 13.5 Å². The molecule has 1 aromatic heterocycles. The van der Waals surface area contributed by atoms with Gasteiger partial charge in [-0.25, -0.2) is 9.78 Å². The SMILES string of the molecule is COP(=O)(C=Cc1ccccc1)c1ccc2c(n1)CCN(C(=O)O)C2. The number of aromatic nitrogens is 1. The summed E-state index contributed by atoms with van der Waals surface area (Å²) < 4.78 is 18.4. The van der Waals surface area contributed by atoms with E-state index >= 15 is 0 Å². The topological polar surface area (TPSA) is 79.7 Å². The normalized spacial score (nSPS) is 16.4. The smallest absolute Gasteiger partial charge is 0.407 e. The van der Waals surface area contributed by atoms with Gasteiger partial charge in [0.25, 0.3) is 7.37 Å². The number of carboxylic acid groups (broad SMARTS) is 1. The summed E-state index contributed by atoms with van der Waals surface area (Å²) in [5, 5.41) is 9.10. The standard InChI is InChI=1S/C18H19N2O4P/c1-24-25(23,12-10-14-5-3-2-4-6-14)17-8-7-15-13-20(18(21)22)11-9-16(15)19-17/h2-8,10,12H,9,11,13H2,1H3,(H,21,22). The van der Waals surface area contributed by atoms with Gasteiger partial charge in [0.2, 0.25) is 0 Å². The van der Waals surface area contributed by atoms with Gasteiger partial charge in [-0.2, -0.15) is 0 Å². The van der Waals surface area contributed by atoms with Crippen molar-refractivity contribution < 1.29 is 19.0 Å². The molecular formula is C18H19N2O4P. The van der Waals surface area contributed by atoms with Crippen LogP contribution in [0.15, 0.2) is 48.3 Å². The zero-order valence-electron chi connectivity index (χ0n) is 13.8. The Kier molecular flexibility index (Phi) is 5.02. The minimum Gasteiger partial charge on any atom is -0.465 e. The Balaban J connectivity index is 1.88. The van der Waals surface area contributed by atoms with Gasteiger partial charge in [0, 0.05) is 31.6 Å². The van der Waals surface area contributed by atoms with Crippen molar-refractivity contribution in [2.45, 2.75) is 13.0 Å². The van der Waals surface area contributed by atoms with Crippen molar-refractivity contribution in [3.05, 3.63) is 65.1 Å². The summed E-state index contributed by atoms with van der Waals surface area (Å²) in [6.45, 7) is 0.686. The summed E-state index contributed by atoms with van der Waals surface area (Å²) in [6, 6.07) is 13.0. The molecule has 0 saturated heterocycles. The Morgan fingerprint density at radius 2 is 2.04 bits per heavy atom. The monoisotopic (exact) mass is 358 g/mol. The highest BCUT2D eigenvalue weighted by molar-refractivity contribution is 7.69. The summed E-state index contributed by atoms with van der Waals surface area (Å²) in [6.07, 6.45) is 1.32. The van der Waals surface area contributed by atoms with Gasteiger partial charge in [0.05, 0.1) is 6.54 Å². The van der Waals surface area contributed by atoms with Crippen LogP contribution in [0.25, 0.3) is 6.08 Å². The second-order valence-corrected chi connectivity index (χ2v) is 8.05. The Morgan fingerprint density at radius 1 is 1.28 bits per heavy atom. The van der Waals surface area contributed by atoms with E-state index in [1.807, 2.05) is 30.3 Å². The van der Waals surface area contributed by atoms with Crippen molar-refractivity contribution in [3.63, 3.8) is 0 Å². The molecule has 0 fully saturated rings. The molecule has 2 aromatic rings. The van der Waals surface area contributed by atoms with Gasteiger partial charge in [-0.1, -0.05) is 36.4 Å². The van der Waals surface area contributed by atoms with Crippen molar-refractivity contribution in [2.75, 3.05) is 13.7 Å². The first kappa shape index (κ1) is 17.4. The molecule has 1 aliphatic heterocycles. The van der Waals surface area contributed by atoms with Gasteiger partial charge in [0.1, 0.15) is 5.44 Å². The minimum atomic E-state index is -3.22. The average molecular weight is 358 g/mol. The van der Waals surface area contributed by atoms with E-state index in [-0.39, 0.29) is 0 Å². The second kappa shape index (κ2) is 7.21. The van der Waals surface area contributed by atoms with Crippen molar-refractivity contribution in [3.8, 4) is 0 Å². The molecule has 130 valence electrons. The van der Waals surface area contributed by atoms with E-state index in [2.05, 4.69) is 4.98 Å². The molecule has 3 rings (SSSR count). The van der Waals surface area contributed by atoms with Crippen molar-refractivity contribution in [1.82, 2.24) is 9.88 Å². The van der Waals surface area contributed by atoms with Gasteiger partial charge < -0.3 is 14.5 Å². The molecule has 25 heavy (non-hydrogen) atoms. The molecule has 1 aromatic carbocycles. The lowest BCUT2D eigenvalue weighted by atomic mass is 10.1. The summed E-state index contributed by atoms with van der Waals surface area (Å²) in [7, 11) is -1.81. The third-order valence-electron chi connectivity index (χ3n) is 4.16. The quantitative estimate of drug-likeness (QED) is 0.848. The zero-order valence-corrected chi connectivity index (χ0v) is 14.7. The van der Waals surface area contributed by atoms with Crippen LogP contribution in [-0.2, 0) is 22.1 Å². The first-order valence-corrected chi connectivity index (χ1v) is 9.58. The number of hydrogen-bond acceptors (Lipinski definition) is 4. The number of rotatable bonds is 4. The highest BCUT2D eigenvalue weighted by Gasteiger charge is 2.27. The third-order valence-corrected chi connectivity index (χ3v) is 6.13. The maximum Gasteiger partial charge on any atom is 0.407 e. The molecule has 1 atom stereocenters. The number of nitrogens with zero attached hydrogens (tertiary/aromatic N) is 2. The van der Waals surface area contributed by atoms with Crippen molar-refractivity contribution in [1.29, 1.82) is 0 Å². The number of carbonyl (C=O) groups is 1. The molecule has 0 bridgehead atoms. The van der Waals surface area contributed by atoms with Gasteiger partial charge in [-0.05, 0) is 23.3 Å². The zero-order chi connectivity index (χ0) is 17.9. The minimum absolute atomic E-state index is 0.301. The van der Waals surface area contributed by atoms with Crippen LogP contribution in [0.2, 0.25) is 0 Å². The average Bonchev–Trinajstić information content (AvgIpc) is 2.66. The largest absolute Gasteiger partial charge is 0.465 e. The Hall–Kier alpha value is -2.43. The Labute approximate surface area is 146 Å². The Morgan fingerprint density at radius 3 is 2.72 bits per heavy atom. The van der Waals surface area contributed by atoms with Crippen LogP contribution in [0.4, 0.5) is 4.79 Å². The lowest BCUT2D eigenvalue weighted by Gasteiger charge is -2.26. The molecule has 1 aliphatic rings. The van der Waals surface area contributed by atoms with Crippen molar-refractivity contribution >= 4 is 25.0 Å². The molecule has 0 spiro atoms. The number of fused-ring (bicyclic) bond motifs is 1. The van der Waals surface area contributed by atoms with Crippen LogP contribution in [0.5, 0.6) is 0 Å². The van der Waals surface area contributed by atoms with Crippen molar-refractivity contribution in [2.24, 2.45) is 0 Å². The van der Waals surface area contributed by atoms with Crippen LogP contribution in [0.3, 0.4) is 0 Å². The van der Waals surface area contributed by atoms with E-state index in [0.29, 0.717) is 24.9 Å². The van der Waals surface area contributed by atoms with Gasteiger partial charge >= 0.3 is 6.09 Å². The molecular weight excluding hydrogens is 339 g/mol. The Bertz CT molecular complexity index is 851. The molecule has 0 aliphatic carbocycles. The number of pyridine rings is 1. The molecule has 1 N–H and O–H groups in total. The molecule has 7 heteroatoms. The van der Waals surface area contributed by atoms with Gasteiger partial charge in [-0.15, -0.1) is 0 Å². The van der Waals surface area contributed by atoms with E-state index in [1.165, 1.54) is 12.0 Å². The lowest BCUT2D eigenvalue weighted by molar-refractivity contribution is 0.139. The predicted octanol–water partition coefficient (Wildman–Crippen LogP) is 3.34. The van der Waals surface area contributed by atoms with Crippen LogP contribution in [0, 0.1) is 0 Å². The van der Waals surface area contributed by atoms with Gasteiger partial charge in [-0.3, -0.25) is 4.57 Å². The maximum atomic E-state index is 13.1. The van der Waals surface area contributed by atoms with Crippen LogP contribution in [0.1, 0.15) is 16.8 Å². The molecule has 1 amide bonds. The first-order valence-electron chi connectivity index (χ1n) is 7.89. The van der Waals surface area contributed by atoms with Gasteiger partial charge in [0.15, 0.2) is 0 Å². The number of amides is 1. The molecule has 0 saturated carbocycles. The van der Waals surface area contributed by atoms with E-state index in [1.54, 1.807) is 24.0 Å². The molecule has 0 radical (unpaired) electrons. The molecule has 6 nitrogen and oxygen atoms in total. The highest BCUT2D eigenvalue weighted by Crippen LogP contribution is 2.46. The summed E-state index contributed by atoms with van der Waals surface area (Å²) >= 11 is 0. The van der Waals surface area contributed by atoms with Crippen LogP contribution in [-0.4, -0.2) is 34.7 Å². The second-order valence-electron chi connectivity index (χ2n) is 5.74. The summed E-state index contributed by atoms with van der Waals surface area (Å²) in [5.41, 5.74) is 2.92. The first-order chi connectivity index (χ1) is 12.0. The summed E-state index contributed by atoms with van der Waals surface area (Å²) in [4.78, 5) is 16.9. The molecule has 1 unspecified atom stereocenters. The summed E-state index contributed by atoms with van der Waals surface area (Å²) in [5.74, 6) is 1.56. The third kappa shape index (κ3) is 3.81. The van der Waals surface area contributed by atoms with E-state index in [9.17, 15) is 9.36 Å². The number of hydrogen-bond donors (Lipinski definition) is 1. The fourth-order valence-corrected chi connectivity index (χ4v) is 4.09. The van der Waals surface area contributed by atoms with E-state index in [0.717, 1.165) is 16.8 Å². The fourth-order valence-electron chi connectivity index (χ4n) is 2.72. The number of benzene rings is 1.